The topological polar surface area (TPSA) is 30.0 Å². The maximum absolute atomic E-state index is 9.77. The first-order valence-electron chi connectivity index (χ1n) is 8.98. The standard InChI is InChI=1S/C17H35N3O/c1-16(21)15-20(17-7-4-3-5-8-17)10-6-9-19-13-11-18(2)12-14-19/h16-17,21H,3-15H2,1-2H3. The van der Waals surface area contributed by atoms with Gasteiger partial charge in [0.25, 0.3) is 0 Å². The molecule has 0 aromatic carbocycles. The van der Waals surface area contributed by atoms with Crippen LogP contribution in [0.5, 0.6) is 0 Å². The molecule has 1 aliphatic carbocycles. The molecule has 124 valence electrons. The summed E-state index contributed by atoms with van der Waals surface area (Å²) in [5, 5.41) is 9.77. The highest BCUT2D eigenvalue weighted by Crippen LogP contribution is 2.23. The van der Waals surface area contributed by atoms with Gasteiger partial charge in [0.05, 0.1) is 6.10 Å². The van der Waals surface area contributed by atoms with Gasteiger partial charge in [-0.1, -0.05) is 19.3 Å². The molecule has 1 heterocycles. The molecule has 1 saturated carbocycles. The summed E-state index contributed by atoms with van der Waals surface area (Å²) in [6.07, 6.45) is 7.87. The van der Waals surface area contributed by atoms with E-state index in [2.05, 4.69) is 21.7 Å². The van der Waals surface area contributed by atoms with Gasteiger partial charge in [0.1, 0.15) is 0 Å². The number of rotatable bonds is 7. The Morgan fingerprint density at radius 1 is 1.10 bits per heavy atom. The largest absolute Gasteiger partial charge is 0.392 e. The molecule has 4 heteroatoms. The van der Waals surface area contributed by atoms with Crippen LogP contribution in [0.25, 0.3) is 0 Å². The van der Waals surface area contributed by atoms with Crippen LogP contribution in [0, 0.1) is 0 Å². The molecule has 2 fully saturated rings. The lowest BCUT2D eigenvalue weighted by atomic mass is 9.94. The highest BCUT2D eigenvalue weighted by molar-refractivity contribution is 4.78. The molecule has 0 aromatic heterocycles. The molecule has 21 heavy (non-hydrogen) atoms. The van der Waals surface area contributed by atoms with Crippen LogP contribution in [0.2, 0.25) is 0 Å². The van der Waals surface area contributed by atoms with Gasteiger partial charge in [0, 0.05) is 38.8 Å². The lowest BCUT2D eigenvalue weighted by molar-refractivity contribution is 0.0758. The first kappa shape index (κ1) is 17.2. The summed E-state index contributed by atoms with van der Waals surface area (Å²) in [4.78, 5) is 7.58. The minimum absolute atomic E-state index is 0.199. The van der Waals surface area contributed by atoms with E-state index in [1.807, 2.05) is 6.92 Å². The molecule has 2 rings (SSSR count). The normalized spacial score (nSPS) is 24.6. The van der Waals surface area contributed by atoms with Crippen LogP contribution in [0.15, 0.2) is 0 Å². The number of hydrogen-bond acceptors (Lipinski definition) is 4. The molecule has 0 bridgehead atoms. The van der Waals surface area contributed by atoms with E-state index >= 15 is 0 Å². The quantitative estimate of drug-likeness (QED) is 0.774. The van der Waals surface area contributed by atoms with E-state index in [4.69, 9.17) is 0 Å². The van der Waals surface area contributed by atoms with Crippen molar-refractivity contribution in [2.75, 3.05) is 52.9 Å². The number of hydrogen-bond donors (Lipinski definition) is 1. The van der Waals surface area contributed by atoms with E-state index in [1.165, 1.54) is 71.2 Å². The average molecular weight is 297 g/mol. The SMILES string of the molecule is CC(O)CN(CCCN1CCN(C)CC1)C1CCCCC1. The minimum atomic E-state index is -0.199. The van der Waals surface area contributed by atoms with Gasteiger partial charge in [-0.25, -0.2) is 0 Å². The fraction of sp³-hybridized carbons (Fsp3) is 1.00. The van der Waals surface area contributed by atoms with E-state index in [0.29, 0.717) is 0 Å². The van der Waals surface area contributed by atoms with Crippen molar-refractivity contribution in [3.63, 3.8) is 0 Å². The molecule has 1 atom stereocenters. The van der Waals surface area contributed by atoms with E-state index in [0.717, 1.165) is 19.1 Å². The summed E-state index contributed by atoms with van der Waals surface area (Å²) in [5.74, 6) is 0. The fourth-order valence-corrected chi connectivity index (χ4v) is 3.78. The first-order valence-corrected chi connectivity index (χ1v) is 8.98. The summed E-state index contributed by atoms with van der Waals surface area (Å²) >= 11 is 0. The second-order valence-corrected chi connectivity index (χ2v) is 7.13. The zero-order chi connectivity index (χ0) is 15.1. The Labute approximate surface area is 131 Å². The van der Waals surface area contributed by atoms with Gasteiger partial charge in [-0.05, 0) is 46.3 Å². The van der Waals surface area contributed by atoms with Crippen LogP contribution in [-0.2, 0) is 0 Å². The van der Waals surface area contributed by atoms with Crippen molar-refractivity contribution >= 4 is 0 Å². The second-order valence-electron chi connectivity index (χ2n) is 7.13. The molecular formula is C17H35N3O. The fourth-order valence-electron chi connectivity index (χ4n) is 3.78. The molecule has 0 aromatic rings. The Morgan fingerprint density at radius 3 is 2.38 bits per heavy atom. The molecule has 1 unspecified atom stereocenters. The van der Waals surface area contributed by atoms with E-state index in [9.17, 15) is 5.11 Å². The third kappa shape index (κ3) is 6.23. The van der Waals surface area contributed by atoms with Crippen LogP contribution in [0.4, 0.5) is 0 Å². The van der Waals surface area contributed by atoms with E-state index in [-0.39, 0.29) is 6.10 Å². The number of aliphatic hydroxyl groups is 1. The summed E-state index contributed by atoms with van der Waals surface area (Å²) in [6.45, 7) is 10.0. The molecular weight excluding hydrogens is 262 g/mol. The molecule has 4 nitrogen and oxygen atoms in total. The number of likely N-dealkylation sites (N-methyl/N-ethyl adjacent to an activating group) is 1. The molecule has 1 saturated heterocycles. The van der Waals surface area contributed by atoms with E-state index < -0.39 is 0 Å². The Balaban J connectivity index is 1.70. The van der Waals surface area contributed by atoms with Gasteiger partial charge >= 0.3 is 0 Å². The molecule has 0 amide bonds. The smallest absolute Gasteiger partial charge is 0.0639 e. The van der Waals surface area contributed by atoms with Gasteiger partial charge < -0.3 is 14.9 Å². The van der Waals surface area contributed by atoms with Gasteiger partial charge in [-0.3, -0.25) is 4.90 Å². The highest BCUT2D eigenvalue weighted by atomic mass is 16.3. The van der Waals surface area contributed by atoms with Crippen LogP contribution >= 0.6 is 0 Å². The van der Waals surface area contributed by atoms with Crippen molar-refractivity contribution in [2.24, 2.45) is 0 Å². The van der Waals surface area contributed by atoms with Crippen molar-refractivity contribution in [1.82, 2.24) is 14.7 Å². The molecule has 1 N–H and O–H groups in total. The monoisotopic (exact) mass is 297 g/mol. The van der Waals surface area contributed by atoms with Crippen molar-refractivity contribution in [3.05, 3.63) is 0 Å². The molecule has 1 aliphatic heterocycles. The van der Waals surface area contributed by atoms with Gasteiger partial charge in [0.2, 0.25) is 0 Å². The summed E-state index contributed by atoms with van der Waals surface area (Å²) in [6, 6.07) is 0.723. The first-order chi connectivity index (χ1) is 10.1. The van der Waals surface area contributed by atoms with Crippen molar-refractivity contribution in [2.45, 2.75) is 57.6 Å². The molecule has 0 radical (unpaired) electrons. The minimum Gasteiger partial charge on any atom is -0.392 e. The van der Waals surface area contributed by atoms with Crippen LogP contribution in [0.3, 0.4) is 0 Å². The molecule has 2 aliphatic rings. The summed E-state index contributed by atoms with van der Waals surface area (Å²) in [5.41, 5.74) is 0. The van der Waals surface area contributed by atoms with Crippen molar-refractivity contribution in [1.29, 1.82) is 0 Å². The average Bonchev–Trinajstić information content (AvgIpc) is 2.49. The van der Waals surface area contributed by atoms with Crippen molar-refractivity contribution in [3.8, 4) is 0 Å². The van der Waals surface area contributed by atoms with Crippen LogP contribution in [-0.4, -0.2) is 84.8 Å². The van der Waals surface area contributed by atoms with Gasteiger partial charge in [-0.15, -0.1) is 0 Å². The third-order valence-corrected chi connectivity index (χ3v) is 5.11. The van der Waals surface area contributed by atoms with Crippen molar-refractivity contribution < 1.29 is 5.11 Å². The molecule has 0 spiro atoms. The Morgan fingerprint density at radius 2 is 1.76 bits per heavy atom. The Bertz CT molecular complexity index is 271. The highest BCUT2D eigenvalue weighted by Gasteiger charge is 2.22. The lowest BCUT2D eigenvalue weighted by Crippen LogP contribution is -2.46. The van der Waals surface area contributed by atoms with Gasteiger partial charge in [0.15, 0.2) is 0 Å². The summed E-state index contributed by atoms with van der Waals surface area (Å²) in [7, 11) is 2.21. The number of aliphatic hydroxyl groups excluding tert-OH is 1. The zero-order valence-corrected chi connectivity index (χ0v) is 14.1. The lowest BCUT2D eigenvalue weighted by Gasteiger charge is -2.36. The van der Waals surface area contributed by atoms with Crippen LogP contribution in [0.1, 0.15) is 45.4 Å². The summed E-state index contributed by atoms with van der Waals surface area (Å²) < 4.78 is 0. The Hall–Kier alpha value is -0.160. The third-order valence-electron chi connectivity index (χ3n) is 5.11. The predicted molar refractivity (Wildman–Crippen MR) is 88.7 cm³/mol. The van der Waals surface area contributed by atoms with Crippen LogP contribution < -0.4 is 0 Å². The van der Waals surface area contributed by atoms with Gasteiger partial charge in [-0.2, -0.15) is 0 Å². The maximum atomic E-state index is 9.77. The predicted octanol–water partition coefficient (Wildman–Crippen LogP) is 1.64. The number of nitrogens with zero attached hydrogens (tertiary/aromatic N) is 3. The van der Waals surface area contributed by atoms with E-state index in [1.54, 1.807) is 0 Å². The number of piperazine rings is 1. The second kappa shape index (κ2) is 9.09. The maximum Gasteiger partial charge on any atom is 0.0639 e. The Kier molecular flexibility index (Phi) is 7.44. The zero-order valence-electron chi connectivity index (χ0n) is 14.1.